The highest BCUT2D eigenvalue weighted by Crippen LogP contribution is 2.30. The Morgan fingerprint density at radius 3 is 1.92 bits per heavy atom. The molecular weight excluding hydrogens is 166 g/mol. The van der Waals surface area contributed by atoms with Gasteiger partial charge in [-0.25, -0.2) is 8.78 Å². The number of carbonyl (C=O) groups is 1. The summed E-state index contributed by atoms with van der Waals surface area (Å²) in [4.78, 5) is 10.5. The van der Waals surface area contributed by atoms with E-state index < -0.39 is 30.1 Å². The van der Waals surface area contributed by atoms with Crippen LogP contribution in [0.5, 0.6) is 0 Å². The van der Waals surface area contributed by atoms with E-state index in [1.807, 2.05) is 0 Å². The molecule has 0 aliphatic heterocycles. The Morgan fingerprint density at radius 1 is 1.42 bits per heavy atom. The van der Waals surface area contributed by atoms with Crippen LogP contribution in [0.3, 0.4) is 0 Å². The quantitative estimate of drug-likeness (QED) is 0.724. The number of carboxylic acid groups (broad SMARTS) is 1. The second-order valence-corrected chi connectivity index (χ2v) is 3.88. The average Bonchev–Trinajstić information content (AvgIpc) is 1.79. The van der Waals surface area contributed by atoms with Gasteiger partial charge >= 0.3 is 5.97 Å². The molecule has 12 heavy (non-hydrogen) atoms. The molecule has 0 saturated carbocycles. The summed E-state index contributed by atoms with van der Waals surface area (Å²) in [6.07, 6.45) is -3.12. The predicted molar refractivity (Wildman–Crippen MR) is 41.2 cm³/mol. The fraction of sp³-hybridized carbons (Fsp3) is 0.875. The lowest BCUT2D eigenvalue weighted by molar-refractivity contribution is -0.147. The van der Waals surface area contributed by atoms with E-state index in [9.17, 15) is 13.6 Å². The van der Waals surface area contributed by atoms with E-state index in [1.54, 1.807) is 20.8 Å². The van der Waals surface area contributed by atoms with Gasteiger partial charge in [-0.3, -0.25) is 4.79 Å². The van der Waals surface area contributed by atoms with E-state index in [4.69, 9.17) is 5.11 Å². The smallest absolute Gasteiger partial charge is 0.307 e. The second-order valence-electron chi connectivity index (χ2n) is 3.88. The molecule has 0 bridgehead atoms. The zero-order valence-electron chi connectivity index (χ0n) is 7.47. The first-order chi connectivity index (χ1) is 5.25. The zero-order valence-corrected chi connectivity index (χ0v) is 7.47. The summed E-state index contributed by atoms with van der Waals surface area (Å²) in [5.41, 5.74) is -0.609. The van der Waals surface area contributed by atoms with E-state index >= 15 is 0 Å². The molecular formula is C8H14F2O2. The van der Waals surface area contributed by atoms with Gasteiger partial charge in [0.05, 0.1) is 5.92 Å². The van der Waals surface area contributed by atoms with E-state index in [0.29, 0.717) is 0 Å². The molecule has 0 spiro atoms. The lowest BCUT2D eigenvalue weighted by Gasteiger charge is -2.26. The van der Waals surface area contributed by atoms with Crippen LogP contribution in [-0.4, -0.2) is 17.5 Å². The number of halogens is 2. The highest BCUT2D eigenvalue weighted by Gasteiger charge is 2.33. The van der Waals surface area contributed by atoms with Crippen molar-refractivity contribution in [2.75, 3.05) is 0 Å². The van der Waals surface area contributed by atoms with Crippen LogP contribution >= 0.6 is 0 Å². The number of rotatable bonds is 3. The number of aliphatic carboxylic acids is 1. The first kappa shape index (κ1) is 11.3. The Labute approximate surface area is 70.6 Å². The van der Waals surface area contributed by atoms with Gasteiger partial charge in [-0.1, -0.05) is 20.8 Å². The SMILES string of the molecule is CC(C)(C)C(CC(F)F)C(=O)O. The molecule has 0 aromatic carbocycles. The largest absolute Gasteiger partial charge is 0.481 e. The van der Waals surface area contributed by atoms with Gasteiger partial charge in [-0.05, 0) is 5.41 Å². The Kier molecular flexibility index (Phi) is 3.61. The van der Waals surface area contributed by atoms with Crippen LogP contribution in [0.2, 0.25) is 0 Å². The molecule has 0 amide bonds. The Balaban J connectivity index is 4.35. The van der Waals surface area contributed by atoms with Crippen molar-refractivity contribution in [1.82, 2.24) is 0 Å². The molecule has 0 aromatic heterocycles. The van der Waals surface area contributed by atoms with Crippen molar-refractivity contribution in [2.24, 2.45) is 11.3 Å². The maximum absolute atomic E-state index is 11.9. The molecule has 4 heteroatoms. The van der Waals surface area contributed by atoms with Crippen LogP contribution in [0.1, 0.15) is 27.2 Å². The number of hydrogen-bond donors (Lipinski definition) is 1. The minimum atomic E-state index is -2.55. The molecule has 1 N–H and O–H groups in total. The van der Waals surface area contributed by atoms with Gasteiger partial charge in [-0.15, -0.1) is 0 Å². The molecule has 0 rings (SSSR count). The van der Waals surface area contributed by atoms with E-state index in [2.05, 4.69) is 0 Å². The average molecular weight is 180 g/mol. The molecule has 72 valence electrons. The third-order valence-electron chi connectivity index (χ3n) is 1.76. The second kappa shape index (κ2) is 3.83. The molecule has 1 atom stereocenters. The van der Waals surface area contributed by atoms with Crippen molar-refractivity contribution in [3.05, 3.63) is 0 Å². The van der Waals surface area contributed by atoms with Gasteiger partial charge in [-0.2, -0.15) is 0 Å². The highest BCUT2D eigenvalue weighted by molar-refractivity contribution is 5.70. The van der Waals surface area contributed by atoms with Gasteiger partial charge in [0, 0.05) is 6.42 Å². The Bertz CT molecular complexity index is 161. The third kappa shape index (κ3) is 3.64. The molecule has 0 aromatic rings. The zero-order chi connectivity index (χ0) is 9.94. The van der Waals surface area contributed by atoms with Gasteiger partial charge in [0.15, 0.2) is 0 Å². The summed E-state index contributed by atoms with van der Waals surface area (Å²) in [7, 11) is 0. The molecule has 0 aliphatic carbocycles. The molecule has 1 unspecified atom stereocenters. The molecule has 0 aliphatic rings. The summed E-state index contributed by atoms with van der Waals surface area (Å²) in [5.74, 6) is -2.12. The monoisotopic (exact) mass is 180 g/mol. The minimum absolute atomic E-state index is 0.571. The number of alkyl halides is 2. The summed E-state index contributed by atoms with van der Waals surface area (Å²) in [6, 6.07) is 0. The fourth-order valence-electron chi connectivity index (χ4n) is 1.00. The van der Waals surface area contributed by atoms with E-state index in [-0.39, 0.29) is 0 Å². The summed E-state index contributed by atoms with van der Waals surface area (Å²) in [5, 5.41) is 8.62. The predicted octanol–water partition coefficient (Wildman–Crippen LogP) is 2.39. The van der Waals surface area contributed by atoms with Gasteiger partial charge in [0.1, 0.15) is 0 Å². The summed E-state index contributed by atoms with van der Waals surface area (Å²) < 4.78 is 23.8. The molecule has 0 saturated heterocycles. The van der Waals surface area contributed by atoms with Crippen molar-refractivity contribution in [1.29, 1.82) is 0 Å². The van der Waals surface area contributed by atoms with Crippen LogP contribution in [0, 0.1) is 11.3 Å². The van der Waals surface area contributed by atoms with Crippen molar-refractivity contribution in [2.45, 2.75) is 33.6 Å². The molecule has 2 nitrogen and oxygen atoms in total. The normalized spacial score (nSPS) is 14.8. The molecule has 0 heterocycles. The highest BCUT2D eigenvalue weighted by atomic mass is 19.3. The fourth-order valence-corrected chi connectivity index (χ4v) is 1.00. The lowest BCUT2D eigenvalue weighted by Crippen LogP contribution is -2.30. The number of carboxylic acids is 1. The Morgan fingerprint density at radius 2 is 1.83 bits per heavy atom. The maximum Gasteiger partial charge on any atom is 0.307 e. The summed E-state index contributed by atoms with van der Waals surface area (Å²) in [6.45, 7) is 4.94. The first-order valence-electron chi connectivity index (χ1n) is 3.76. The van der Waals surface area contributed by atoms with Gasteiger partial charge in [0.2, 0.25) is 6.43 Å². The van der Waals surface area contributed by atoms with Crippen LogP contribution in [0.4, 0.5) is 8.78 Å². The molecule has 0 fully saturated rings. The van der Waals surface area contributed by atoms with Gasteiger partial charge in [0.25, 0.3) is 0 Å². The third-order valence-corrected chi connectivity index (χ3v) is 1.76. The van der Waals surface area contributed by atoms with E-state index in [1.165, 1.54) is 0 Å². The first-order valence-corrected chi connectivity index (χ1v) is 3.76. The van der Waals surface area contributed by atoms with E-state index in [0.717, 1.165) is 0 Å². The Hall–Kier alpha value is -0.670. The number of hydrogen-bond acceptors (Lipinski definition) is 1. The topological polar surface area (TPSA) is 37.3 Å². The van der Waals surface area contributed by atoms with Crippen LogP contribution in [0.15, 0.2) is 0 Å². The van der Waals surface area contributed by atoms with Crippen LogP contribution in [-0.2, 0) is 4.79 Å². The lowest BCUT2D eigenvalue weighted by atomic mass is 9.79. The standard InChI is InChI=1S/C8H14F2O2/c1-8(2,3)5(7(11)12)4-6(9)10/h5-6H,4H2,1-3H3,(H,11,12). The van der Waals surface area contributed by atoms with Crippen LogP contribution in [0.25, 0.3) is 0 Å². The molecule has 0 radical (unpaired) electrons. The minimum Gasteiger partial charge on any atom is -0.481 e. The van der Waals surface area contributed by atoms with Crippen molar-refractivity contribution in [3.63, 3.8) is 0 Å². The van der Waals surface area contributed by atoms with Crippen molar-refractivity contribution >= 4 is 5.97 Å². The van der Waals surface area contributed by atoms with Crippen molar-refractivity contribution in [3.8, 4) is 0 Å². The van der Waals surface area contributed by atoms with Crippen molar-refractivity contribution < 1.29 is 18.7 Å². The van der Waals surface area contributed by atoms with Crippen LogP contribution < -0.4 is 0 Å². The van der Waals surface area contributed by atoms with Gasteiger partial charge < -0.3 is 5.11 Å². The summed E-state index contributed by atoms with van der Waals surface area (Å²) >= 11 is 0. The maximum atomic E-state index is 11.9.